The summed E-state index contributed by atoms with van der Waals surface area (Å²) < 4.78 is 1.14. The van der Waals surface area contributed by atoms with Crippen molar-refractivity contribution >= 4 is 35.0 Å². The first kappa shape index (κ1) is 15.6. The fraction of sp³-hybridized carbons (Fsp3) is 0.643. The molecule has 120 valence electrons. The van der Waals surface area contributed by atoms with E-state index in [1.54, 1.807) is 11.3 Å². The number of aryl methyl sites for hydroxylation is 1. The van der Waals surface area contributed by atoms with Crippen LogP contribution in [0.4, 0.5) is 4.79 Å². The van der Waals surface area contributed by atoms with Crippen molar-refractivity contribution in [2.24, 2.45) is 0 Å². The van der Waals surface area contributed by atoms with Crippen molar-refractivity contribution < 1.29 is 9.59 Å². The van der Waals surface area contributed by atoms with E-state index in [1.165, 1.54) is 0 Å². The van der Waals surface area contributed by atoms with Crippen LogP contribution < -0.4 is 16.0 Å². The summed E-state index contributed by atoms with van der Waals surface area (Å²) in [7, 11) is 0. The van der Waals surface area contributed by atoms with Crippen molar-refractivity contribution in [3.05, 3.63) is 11.1 Å². The van der Waals surface area contributed by atoms with E-state index in [4.69, 9.17) is 0 Å². The maximum Gasteiger partial charge on any atom is 0.315 e. The largest absolute Gasteiger partial charge is 0.352 e. The molecule has 1 atom stereocenters. The van der Waals surface area contributed by atoms with Gasteiger partial charge in [-0.3, -0.25) is 4.79 Å². The molecule has 1 aromatic rings. The summed E-state index contributed by atoms with van der Waals surface area (Å²) >= 11 is 3.57. The minimum atomic E-state index is -0.433. The van der Waals surface area contributed by atoms with Gasteiger partial charge in [0.15, 0.2) is 0 Å². The second-order valence-electron chi connectivity index (χ2n) is 5.76. The second kappa shape index (κ2) is 6.87. The SMILES string of the molecule is Cc1csc(SC2CCC(NC(=O)C3CNC(=O)N3)CC2)n1. The number of carbonyl (C=O) groups excluding carboxylic acids is 2. The van der Waals surface area contributed by atoms with Crippen molar-refractivity contribution in [1.82, 2.24) is 20.9 Å². The highest BCUT2D eigenvalue weighted by atomic mass is 32.2. The Bertz CT molecular complexity index is 555. The van der Waals surface area contributed by atoms with Crippen LogP contribution in [-0.4, -0.2) is 40.8 Å². The van der Waals surface area contributed by atoms with Gasteiger partial charge in [0.25, 0.3) is 0 Å². The summed E-state index contributed by atoms with van der Waals surface area (Å²) in [6.45, 7) is 2.39. The minimum absolute atomic E-state index is 0.0787. The number of amides is 3. The zero-order valence-electron chi connectivity index (χ0n) is 12.4. The van der Waals surface area contributed by atoms with Gasteiger partial charge in [-0.05, 0) is 32.6 Å². The summed E-state index contributed by atoms with van der Waals surface area (Å²) in [5.41, 5.74) is 1.08. The molecular weight excluding hydrogens is 320 g/mol. The summed E-state index contributed by atoms with van der Waals surface area (Å²) in [4.78, 5) is 27.6. The zero-order chi connectivity index (χ0) is 15.5. The molecule has 22 heavy (non-hydrogen) atoms. The predicted octanol–water partition coefficient (Wildman–Crippen LogP) is 1.65. The fourth-order valence-electron chi connectivity index (χ4n) is 2.77. The number of thiazole rings is 1. The number of nitrogens with zero attached hydrogens (tertiary/aromatic N) is 1. The predicted molar refractivity (Wildman–Crippen MR) is 87.2 cm³/mol. The van der Waals surface area contributed by atoms with E-state index in [9.17, 15) is 9.59 Å². The van der Waals surface area contributed by atoms with E-state index in [0.717, 1.165) is 35.7 Å². The van der Waals surface area contributed by atoms with E-state index in [2.05, 4.69) is 26.3 Å². The molecule has 6 nitrogen and oxygen atoms in total. The molecule has 1 saturated heterocycles. The smallest absolute Gasteiger partial charge is 0.315 e. The molecule has 8 heteroatoms. The third-order valence-electron chi connectivity index (χ3n) is 3.97. The van der Waals surface area contributed by atoms with Crippen molar-refractivity contribution in [3.63, 3.8) is 0 Å². The van der Waals surface area contributed by atoms with Gasteiger partial charge in [-0.1, -0.05) is 11.8 Å². The lowest BCUT2D eigenvalue weighted by atomic mass is 9.95. The number of carbonyl (C=O) groups is 2. The Kier molecular flexibility index (Phi) is 4.87. The van der Waals surface area contributed by atoms with Crippen LogP contribution in [0.2, 0.25) is 0 Å². The fourth-order valence-corrected chi connectivity index (χ4v) is 5.05. The van der Waals surface area contributed by atoms with Gasteiger partial charge in [0.2, 0.25) is 5.91 Å². The summed E-state index contributed by atoms with van der Waals surface area (Å²) in [5, 5.41) is 10.9. The molecule has 3 amide bonds. The molecule has 3 rings (SSSR count). The van der Waals surface area contributed by atoms with E-state index in [0.29, 0.717) is 11.8 Å². The third kappa shape index (κ3) is 3.92. The van der Waals surface area contributed by atoms with E-state index >= 15 is 0 Å². The Balaban J connectivity index is 1.41. The van der Waals surface area contributed by atoms with Crippen LogP contribution in [0.25, 0.3) is 0 Å². The molecule has 0 radical (unpaired) electrons. The molecule has 2 aliphatic rings. The van der Waals surface area contributed by atoms with Gasteiger partial charge in [0.1, 0.15) is 10.4 Å². The molecule has 2 fully saturated rings. The van der Waals surface area contributed by atoms with Crippen molar-refractivity contribution in [3.8, 4) is 0 Å². The van der Waals surface area contributed by atoms with Gasteiger partial charge in [0, 0.05) is 28.9 Å². The highest BCUT2D eigenvalue weighted by Gasteiger charge is 2.30. The number of hydrogen-bond acceptors (Lipinski definition) is 5. The van der Waals surface area contributed by atoms with E-state index in [-0.39, 0.29) is 18.0 Å². The number of rotatable bonds is 4. The maximum absolute atomic E-state index is 12.1. The van der Waals surface area contributed by atoms with Crippen molar-refractivity contribution in [2.75, 3.05) is 6.54 Å². The van der Waals surface area contributed by atoms with Gasteiger partial charge in [-0.2, -0.15) is 0 Å². The first-order valence-corrected chi connectivity index (χ1v) is 9.29. The molecular formula is C14H20N4O2S2. The topological polar surface area (TPSA) is 83.1 Å². The summed E-state index contributed by atoms with van der Waals surface area (Å²) in [5.74, 6) is -0.0787. The maximum atomic E-state index is 12.1. The molecule has 1 aliphatic heterocycles. The molecule has 1 aromatic heterocycles. The first-order valence-electron chi connectivity index (χ1n) is 7.53. The van der Waals surface area contributed by atoms with Crippen LogP contribution in [-0.2, 0) is 4.79 Å². The average molecular weight is 340 g/mol. The summed E-state index contributed by atoms with van der Waals surface area (Å²) in [6, 6.07) is -0.475. The number of hydrogen-bond donors (Lipinski definition) is 3. The molecule has 2 heterocycles. The standard InChI is InChI=1S/C14H20N4O2S2/c1-8-7-21-14(16-8)22-10-4-2-9(3-5-10)17-12(19)11-6-15-13(20)18-11/h7,9-11H,2-6H2,1H3,(H,17,19)(H2,15,18,20). The number of urea groups is 1. The molecule has 1 unspecified atom stereocenters. The zero-order valence-corrected chi connectivity index (χ0v) is 14.1. The van der Waals surface area contributed by atoms with Crippen molar-refractivity contribution in [1.29, 1.82) is 0 Å². The molecule has 0 spiro atoms. The molecule has 0 bridgehead atoms. The van der Waals surface area contributed by atoms with Gasteiger partial charge < -0.3 is 16.0 Å². The van der Waals surface area contributed by atoms with Gasteiger partial charge in [0.05, 0.1) is 0 Å². The van der Waals surface area contributed by atoms with E-state index < -0.39 is 6.04 Å². The minimum Gasteiger partial charge on any atom is -0.352 e. The Morgan fingerprint density at radius 3 is 2.77 bits per heavy atom. The Morgan fingerprint density at radius 2 is 2.18 bits per heavy atom. The average Bonchev–Trinajstić information content (AvgIpc) is 3.10. The van der Waals surface area contributed by atoms with Crippen LogP contribution in [0.5, 0.6) is 0 Å². The molecule has 0 aromatic carbocycles. The summed E-state index contributed by atoms with van der Waals surface area (Å²) in [6.07, 6.45) is 4.15. The molecule has 3 N–H and O–H groups in total. The van der Waals surface area contributed by atoms with Crippen LogP contribution in [0.1, 0.15) is 31.4 Å². The Labute approximate surface area is 137 Å². The second-order valence-corrected chi connectivity index (χ2v) is 8.17. The Morgan fingerprint density at radius 1 is 1.41 bits per heavy atom. The van der Waals surface area contributed by atoms with Crippen molar-refractivity contribution in [2.45, 2.75) is 54.3 Å². The lowest BCUT2D eigenvalue weighted by Crippen LogP contribution is -2.48. The highest BCUT2D eigenvalue weighted by molar-refractivity contribution is 8.01. The van der Waals surface area contributed by atoms with Gasteiger partial charge in [-0.25, -0.2) is 9.78 Å². The van der Waals surface area contributed by atoms with Crippen LogP contribution in [0, 0.1) is 6.92 Å². The van der Waals surface area contributed by atoms with Crippen LogP contribution >= 0.6 is 23.1 Å². The molecule has 1 saturated carbocycles. The number of nitrogens with one attached hydrogen (secondary N) is 3. The van der Waals surface area contributed by atoms with E-state index in [1.807, 2.05) is 18.7 Å². The Hall–Kier alpha value is -1.28. The quantitative estimate of drug-likeness (QED) is 0.778. The monoisotopic (exact) mass is 340 g/mol. The van der Waals surface area contributed by atoms with Crippen LogP contribution in [0.15, 0.2) is 9.72 Å². The molecule has 1 aliphatic carbocycles. The van der Waals surface area contributed by atoms with Crippen LogP contribution in [0.3, 0.4) is 0 Å². The van der Waals surface area contributed by atoms with Gasteiger partial charge in [-0.15, -0.1) is 11.3 Å². The highest BCUT2D eigenvalue weighted by Crippen LogP contribution is 2.35. The number of aromatic nitrogens is 1. The first-order chi connectivity index (χ1) is 10.6. The lowest BCUT2D eigenvalue weighted by Gasteiger charge is -2.28. The van der Waals surface area contributed by atoms with Gasteiger partial charge >= 0.3 is 6.03 Å². The lowest BCUT2D eigenvalue weighted by molar-refractivity contribution is -0.123. The normalized spacial score (nSPS) is 28.0. The third-order valence-corrected chi connectivity index (χ3v) is 6.40. The number of thioether (sulfide) groups is 1.